The lowest BCUT2D eigenvalue weighted by atomic mass is 10.1. The molecule has 0 atom stereocenters. The van der Waals surface area contributed by atoms with E-state index >= 15 is 0 Å². The molecule has 0 aliphatic carbocycles. The highest BCUT2D eigenvalue weighted by atomic mass is 16.5. The summed E-state index contributed by atoms with van der Waals surface area (Å²) >= 11 is 0. The van der Waals surface area contributed by atoms with E-state index in [1.54, 1.807) is 19.2 Å². The Bertz CT molecular complexity index is 1410. The van der Waals surface area contributed by atoms with E-state index in [0.717, 1.165) is 30.0 Å². The van der Waals surface area contributed by atoms with Crippen LogP contribution in [0.4, 0.5) is 5.69 Å². The first-order chi connectivity index (χ1) is 15.3. The van der Waals surface area contributed by atoms with Gasteiger partial charge in [-0.05, 0) is 42.5 Å². The molecule has 1 heterocycles. The molecule has 32 heavy (non-hydrogen) atoms. The van der Waals surface area contributed by atoms with Crippen LogP contribution in [0.1, 0.15) is 10.4 Å². The van der Waals surface area contributed by atoms with E-state index in [2.05, 4.69) is 5.32 Å². The highest BCUT2D eigenvalue weighted by Crippen LogP contribution is 2.38. The number of esters is 1. The monoisotopic (exact) mass is 435 g/mol. The first-order valence-corrected chi connectivity index (χ1v) is 9.33. The summed E-state index contributed by atoms with van der Waals surface area (Å²) in [4.78, 5) is 25.9. The summed E-state index contributed by atoms with van der Waals surface area (Å²) in [6, 6.07) is 12.0. The van der Waals surface area contributed by atoms with E-state index in [-0.39, 0.29) is 33.6 Å². The van der Waals surface area contributed by atoms with Crippen molar-refractivity contribution in [2.24, 2.45) is 0 Å². The van der Waals surface area contributed by atoms with Crippen LogP contribution < -0.4 is 15.5 Å². The standard InChI is InChI=1S/C23H17NO8/c1-24-13-5-2-11(3-6-13)23(30)32-22-20(29)19-17(28)9-14(25)10-18(19)31-21(22)12-4-7-15(26)16(27)8-12/h2-10,24-28H,1H3. The highest BCUT2D eigenvalue weighted by molar-refractivity contribution is 5.94. The number of carbonyl (C=O) groups excluding carboxylic acids is 1. The molecule has 0 radical (unpaired) electrons. The lowest BCUT2D eigenvalue weighted by Crippen LogP contribution is -2.16. The fourth-order valence-electron chi connectivity index (χ4n) is 3.14. The molecule has 0 aliphatic rings. The van der Waals surface area contributed by atoms with Crippen molar-refractivity contribution in [1.29, 1.82) is 0 Å². The number of rotatable bonds is 4. The van der Waals surface area contributed by atoms with Gasteiger partial charge >= 0.3 is 5.97 Å². The van der Waals surface area contributed by atoms with Crippen LogP contribution in [0.3, 0.4) is 0 Å². The summed E-state index contributed by atoms with van der Waals surface area (Å²) in [6.45, 7) is 0. The number of ether oxygens (including phenoxy) is 1. The minimum Gasteiger partial charge on any atom is -0.508 e. The molecule has 1 aromatic heterocycles. The minimum absolute atomic E-state index is 0.107. The molecule has 5 N–H and O–H groups in total. The number of aromatic hydroxyl groups is 4. The number of anilines is 1. The Morgan fingerprint density at radius 3 is 2.28 bits per heavy atom. The average Bonchev–Trinajstić information content (AvgIpc) is 2.76. The third-order valence-electron chi connectivity index (χ3n) is 4.76. The van der Waals surface area contributed by atoms with E-state index < -0.39 is 34.4 Å². The average molecular weight is 435 g/mol. The topological polar surface area (TPSA) is 149 Å². The summed E-state index contributed by atoms with van der Waals surface area (Å²) in [7, 11) is 1.72. The SMILES string of the molecule is CNc1ccc(C(=O)Oc2c(-c3ccc(O)c(O)c3)oc3cc(O)cc(O)c3c2=O)cc1. The van der Waals surface area contributed by atoms with Crippen LogP contribution in [0.5, 0.6) is 28.7 Å². The van der Waals surface area contributed by atoms with Gasteiger partial charge in [-0.3, -0.25) is 4.79 Å². The predicted octanol–water partition coefficient (Wildman–Crippen LogP) is 3.54. The predicted molar refractivity (Wildman–Crippen MR) is 116 cm³/mol. The zero-order valence-corrected chi connectivity index (χ0v) is 16.6. The van der Waals surface area contributed by atoms with Crippen molar-refractivity contribution in [2.45, 2.75) is 0 Å². The molecule has 0 amide bonds. The van der Waals surface area contributed by atoms with E-state index in [1.807, 2.05) is 0 Å². The van der Waals surface area contributed by atoms with Gasteiger partial charge < -0.3 is 34.9 Å². The number of hydrogen-bond acceptors (Lipinski definition) is 9. The van der Waals surface area contributed by atoms with Crippen LogP contribution >= 0.6 is 0 Å². The van der Waals surface area contributed by atoms with Crippen molar-refractivity contribution in [3.63, 3.8) is 0 Å². The molecule has 0 unspecified atom stereocenters. The zero-order chi connectivity index (χ0) is 23.0. The summed E-state index contributed by atoms with van der Waals surface area (Å²) in [5.41, 5.74) is -0.0232. The molecule has 9 nitrogen and oxygen atoms in total. The minimum atomic E-state index is -0.869. The van der Waals surface area contributed by atoms with Gasteiger partial charge in [0.1, 0.15) is 22.5 Å². The van der Waals surface area contributed by atoms with Gasteiger partial charge in [-0.2, -0.15) is 0 Å². The molecule has 0 saturated heterocycles. The Morgan fingerprint density at radius 2 is 1.62 bits per heavy atom. The van der Waals surface area contributed by atoms with E-state index in [9.17, 15) is 30.0 Å². The van der Waals surface area contributed by atoms with Gasteiger partial charge in [0.15, 0.2) is 17.3 Å². The highest BCUT2D eigenvalue weighted by Gasteiger charge is 2.24. The number of phenolic OH excluding ortho intramolecular Hbond substituents is 4. The lowest BCUT2D eigenvalue weighted by molar-refractivity contribution is 0.0731. The van der Waals surface area contributed by atoms with E-state index in [4.69, 9.17) is 9.15 Å². The Labute approximate surface area is 180 Å². The molecule has 0 saturated carbocycles. The molecule has 3 aromatic carbocycles. The Morgan fingerprint density at radius 1 is 0.906 bits per heavy atom. The smallest absolute Gasteiger partial charge is 0.343 e. The fourth-order valence-corrected chi connectivity index (χ4v) is 3.14. The Kier molecular flexibility index (Phi) is 5.07. The van der Waals surface area contributed by atoms with Crippen LogP contribution in [0.25, 0.3) is 22.3 Å². The maximum absolute atomic E-state index is 13.2. The molecular formula is C23H17NO8. The molecule has 0 aliphatic heterocycles. The molecular weight excluding hydrogens is 418 g/mol. The third-order valence-corrected chi connectivity index (χ3v) is 4.76. The second-order valence-corrected chi connectivity index (χ2v) is 6.85. The maximum Gasteiger partial charge on any atom is 0.343 e. The van der Waals surface area contributed by atoms with Gasteiger partial charge in [-0.25, -0.2) is 4.79 Å². The number of benzene rings is 3. The number of fused-ring (bicyclic) bond motifs is 1. The maximum atomic E-state index is 13.2. The zero-order valence-electron chi connectivity index (χ0n) is 16.6. The molecule has 0 spiro atoms. The van der Waals surface area contributed by atoms with Crippen molar-refractivity contribution < 1.29 is 34.4 Å². The third kappa shape index (κ3) is 3.63. The van der Waals surface area contributed by atoms with Crippen LogP contribution in [0.15, 0.2) is 63.8 Å². The number of phenols is 4. The van der Waals surface area contributed by atoms with E-state index in [1.165, 1.54) is 18.2 Å². The molecule has 4 rings (SSSR count). The quantitative estimate of drug-likeness (QED) is 0.240. The van der Waals surface area contributed by atoms with Crippen LogP contribution in [0.2, 0.25) is 0 Å². The van der Waals surface area contributed by atoms with Crippen molar-refractivity contribution in [1.82, 2.24) is 0 Å². The van der Waals surface area contributed by atoms with Gasteiger partial charge in [0, 0.05) is 30.4 Å². The van der Waals surface area contributed by atoms with Gasteiger partial charge in [-0.1, -0.05) is 0 Å². The number of nitrogens with one attached hydrogen (secondary N) is 1. The summed E-state index contributed by atoms with van der Waals surface area (Å²) in [5.74, 6) is -3.47. The number of carbonyl (C=O) groups is 1. The van der Waals surface area contributed by atoms with E-state index in [0.29, 0.717) is 0 Å². The molecule has 4 aromatic rings. The molecule has 162 valence electrons. The Balaban J connectivity index is 1.92. The second kappa shape index (κ2) is 7.88. The lowest BCUT2D eigenvalue weighted by Gasteiger charge is -2.12. The molecule has 0 bridgehead atoms. The Hall–Kier alpha value is -4.66. The normalized spacial score (nSPS) is 10.8. The fraction of sp³-hybridized carbons (Fsp3) is 0.0435. The van der Waals surface area contributed by atoms with Crippen LogP contribution in [0, 0.1) is 0 Å². The molecule has 9 heteroatoms. The number of hydrogen-bond donors (Lipinski definition) is 5. The van der Waals surface area contributed by atoms with Crippen molar-refractivity contribution in [2.75, 3.05) is 12.4 Å². The largest absolute Gasteiger partial charge is 0.508 e. The van der Waals surface area contributed by atoms with Crippen molar-refractivity contribution >= 4 is 22.6 Å². The molecule has 0 fully saturated rings. The first-order valence-electron chi connectivity index (χ1n) is 9.33. The van der Waals surface area contributed by atoms with Gasteiger partial charge in [0.25, 0.3) is 0 Å². The van der Waals surface area contributed by atoms with Crippen LogP contribution in [-0.2, 0) is 0 Å². The van der Waals surface area contributed by atoms with Crippen molar-refractivity contribution in [3.05, 3.63) is 70.4 Å². The summed E-state index contributed by atoms with van der Waals surface area (Å²) in [6.07, 6.45) is 0. The van der Waals surface area contributed by atoms with Gasteiger partial charge in [0.2, 0.25) is 11.2 Å². The van der Waals surface area contributed by atoms with Crippen LogP contribution in [-0.4, -0.2) is 33.4 Å². The van der Waals surface area contributed by atoms with Gasteiger partial charge in [0.05, 0.1) is 5.56 Å². The first kappa shape index (κ1) is 20.6. The summed E-state index contributed by atoms with van der Waals surface area (Å²) < 4.78 is 11.1. The van der Waals surface area contributed by atoms with Crippen molar-refractivity contribution in [3.8, 4) is 40.1 Å². The second-order valence-electron chi connectivity index (χ2n) is 6.85. The summed E-state index contributed by atoms with van der Waals surface area (Å²) in [5, 5.41) is 42.0. The van der Waals surface area contributed by atoms with Gasteiger partial charge in [-0.15, -0.1) is 0 Å².